The van der Waals surface area contributed by atoms with Gasteiger partial charge in [0.15, 0.2) is 6.29 Å². The molecule has 168 valence electrons. The first-order valence-electron chi connectivity index (χ1n) is 11.1. The third kappa shape index (κ3) is 5.98. The number of carbonyl (C=O) groups excluding carboxylic acids is 1. The van der Waals surface area contributed by atoms with Crippen LogP contribution in [0.25, 0.3) is 22.3 Å². The van der Waals surface area contributed by atoms with Gasteiger partial charge in [-0.15, -0.1) is 0 Å². The first-order valence-corrected chi connectivity index (χ1v) is 11.1. The van der Waals surface area contributed by atoms with Crippen LogP contribution in [0.4, 0.5) is 0 Å². The van der Waals surface area contributed by atoms with Crippen LogP contribution in [0.15, 0.2) is 78.9 Å². The van der Waals surface area contributed by atoms with E-state index in [0.29, 0.717) is 19.6 Å². The number of rotatable bonds is 10. The second kappa shape index (κ2) is 11.0. The average Bonchev–Trinajstić information content (AvgIpc) is 2.82. The fourth-order valence-electron chi connectivity index (χ4n) is 3.23. The molecule has 1 atom stereocenters. The first kappa shape index (κ1) is 23.6. The number of carbonyl (C=O) groups is 1. The van der Waals surface area contributed by atoms with Crippen LogP contribution < -0.4 is 4.74 Å². The van der Waals surface area contributed by atoms with Gasteiger partial charge in [0.2, 0.25) is 0 Å². The Morgan fingerprint density at radius 1 is 0.812 bits per heavy atom. The standard InChI is InChI=1S/C28H32O4/c1-5-28(3,4)27(29)32-21(2)30-19-20-31-26-24(22-13-8-6-9-14-22)17-12-18-25(26)23-15-10-7-11-16-23/h6-18,21H,5,19-20H2,1-4H3. The maximum absolute atomic E-state index is 12.2. The molecule has 3 aromatic carbocycles. The number of hydrogen-bond acceptors (Lipinski definition) is 4. The Labute approximate surface area is 191 Å². The molecule has 0 radical (unpaired) electrons. The summed E-state index contributed by atoms with van der Waals surface area (Å²) < 4.78 is 17.4. The van der Waals surface area contributed by atoms with Gasteiger partial charge in [0, 0.05) is 11.1 Å². The molecule has 0 N–H and O–H groups in total. The highest BCUT2D eigenvalue weighted by atomic mass is 16.7. The van der Waals surface area contributed by atoms with Crippen molar-refractivity contribution < 1.29 is 19.0 Å². The Morgan fingerprint density at radius 2 is 1.34 bits per heavy atom. The van der Waals surface area contributed by atoms with Crippen molar-refractivity contribution in [2.45, 2.75) is 40.4 Å². The minimum Gasteiger partial charge on any atom is -0.490 e. The predicted molar refractivity (Wildman–Crippen MR) is 128 cm³/mol. The number of benzene rings is 3. The number of hydrogen-bond donors (Lipinski definition) is 0. The lowest BCUT2D eigenvalue weighted by Crippen LogP contribution is -2.30. The van der Waals surface area contributed by atoms with E-state index in [2.05, 4.69) is 36.4 Å². The molecular formula is C28H32O4. The maximum atomic E-state index is 12.2. The zero-order chi connectivity index (χ0) is 23.0. The van der Waals surface area contributed by atoms with Crippen molar-refractivity contribution in [1.29, 1.82) is 0 Å². The summed E-state index contributed by atoms with van der Waals surface area (Å²) in [5.41, 5.74) is 3.70. The molecule has 3 rings (SSSR count). The number of esters is 1. The second-order valence-electron chi connectivity index (χ2n) is 8.34. The van der Waals surface area contributed by atoms with Crippen LogP contribution in [0.5, 0.6) is 5.75 Å². The summed E-state index contributed by atoms with van der Waals surface area (Å²) in [4.78, 5) is 12.2. The smallest absolute Gasteiger partial charge is 0.313 e. The third-order valence-electron chi connectivity index (χ3n) is 5.58. The van der Waals surface area contributed by atoms with Crippen LogP contribution >= 0.6 is 0 Å². The SMILES string of the molecule is CCC(C)(C)C(=O)OC(C)OCCOc1c(-c2ccccc2)cccc1-c1ccccc1. The molecule has 0 bridgehead atoms. The van der Waals surface area contributed by atoms with Gasteiger partial charge in [-0.05, 0) is 38.3 Å². The molecule has 0 aliphatic carbocycles. The van der Waals surface area contributed by atoms with Crippen LogP contribution in [0, 0.1) is 5.41 Å². The molecule has 1 unspecified atom stereocenters. The van der Waals surface area contributed by atoms with E-state index in [1.165, 1.54) is 0 Å². The quantitative estimate of drug-likeness (QED) is 0.202. The highest BCUT2D eigenvalue weighted by molar-refractivity contribution is 5.82. The molecular weight excluding hydrogens is 400 g/mol. The molecule has 4 heteroatoms. The average molecular weight is 433 g/mol. The molecule has 32 heavy (non-hydrogen) atoms. The van der Waals surface area contributed by atoms with E-state index in [1.807, 2.05) is 63.2 Å². The minimum atomic E-state index is -0.630. The Morgan fingerprint density at radius 3 is 1.84 bits per heavy atom. The van der Waals surface area contributed by atoms with E-state index >= 15 is 0 Å². The lowest BCUT2D eigenvalue weighted by molar-refractivity contribution is -0.185. The van der Waals surface area contributed by atoms with E-state index in [9.17, 15) is 4.79 Å². The second-order valence-corrected chi connectivity index (χ2v) is 8.34. The lowest BCUT2D eigenvalue weighted by Gasteiger charge is -2.23. The van der Waals surface area contributed by atoms with Gasteiger partial charge in [-0.1, -0.05) is 85.8 Å². The highest BCUT2D eigenvalue weighted by Crippen LogP contribution is 2.39. The minimum absolute atomic E-state index is 0.255. The molecule has 3 aromatic rings. The summed E-state index contributed by atoms with van der Waals surface area (Å²) in [6.45, 7) is 8.08. The molecule has 4 nitrogen and oxygen atoms in total. The van der Waals surface area contributed by atoms with Gasteiger partial charge >= 0.3 is 5.97 Å². The molecule has 0 aromatic heterocycles. The fourth-order valence-corrected chi connectivity index (χ4v) is 3.23. The number of ether oxygens (including phenoxy) is 3. The largest absolute Gasteiger partial charge is 0.490 e. The van der Waals surface area contributed by atoms with Crippen LogP contribution in [-0.4, -0.2) is 25.5 Å². The summed E-state index contributed by atoms with van der Waals surface area (Å²) >= 11 is 0. The Bertz CT molecular complexity index is 939. The Balaban J connectivity index is 1.72. The van der Waals surface area contributed by atoms with Crippen molar-refractivity contribution in [3.63, 3.8) is 0 Å². The molecule has 0 saturated carbocycles. The van der Waals surface area contributed by atoms with Gasteiger partial charge in [0.25, 0.3) is 0 Å². The van der Waals surface area contributed by atoms with Gasteiger partial charge < -0.3 is 14.2 Å². The first-order chi connectivity index (χ1) is 15.4. The van der Waals surface area contributed by atoms with Gasteiger partial charge in [-0.2, -0.15) is 0 Å². The van der Waals surface area contributed by atoms with E-state index < -0.39 is 11.7 Å². The van der Waals surface area contributed by atoms with Crippen molar-refractivity contribution >= 4 is 5.97 Å². The molecule has 0 aliphatic heterocycles. The monoisotopic (exact) mass is 432 g/mol. The van der Waals surface area contributed by atoms with Crippen molar-refractivity contribution in [3.05, 3.63) is 78.9 Å². The van der Waals surface area contributed by atoms with E-state index in [4.69, 9.17) is 14.2 Å². The van der Waals surface area contributed by atoms with Crippen molar-refractivity contribution in [2.24, 2.45) is 5.41 Å². The summed E-state index contributed by atoms with van der Waals surface area (Å²) in [6, 6.07) is 26.6. The van der Waals surface area contributed by atoms with Gasteiger partial charge in [-0.25, -0.2) is 0 Å². The molecule has 0 saturated heterocycles. The summed E-state index contributed by atoms with van der Waals surface area (Å²) in [7, 11) is 0. The Kier molecular flexibility index (Phi) is 8.07. The van der Waals surface area contributed by atoms with E-state index in [-0.39, 0.29) is 5.97 Å². The summed E-state index contributed by atoms with van der Waals surface area (Å²) in [6.07, 6.45) is 0.0788. The zero-order valence-corrected chi connectivity index (χ0v) is 19.3. The zero-order valence-electron chi connectivity index (χ0n) is 19.3. The summed E-state index contributed by atoms with van der Waals surface area (Å²) in [5.74, 6) is 0.555. The molecule has 0 heterocycles. The lowest BCUT2D eigenvalue weighted by atomic mass is 9.91. The van der Waals surface area contributed by atoms with Crippen LogP contribution in [0.2, 0.25) is 0 Å². The van der Waals surface area contributed by atoms with E-state index in [0.717, 1.165) is 28.0 Å². The van der Waals surface area contributed by atoms with Crippen LogP contribution in [0.1, 0.15) is 34.1 Å². The van der Waals surface area contributed by atoms with Gasteiger partial charge in [-0.3, -0.25) is 4.79 Å². The van der Waals surface area contributed by atoms with E-state index in [1.54, 1.807) is 6.92 Å². The van der Waals surface area contributed by atoms with Crippen molar-refractivity contribution in [1.82, 2.24) is 0 Å². The topological polar surface area (TPSA) is 44.8 Å². The third-order valence-corrected chi connectivity index (χ3v) is 5.58. The van der Waals surface area contributed by atoms with Crippen molar-refractivity contribution in [3.8, 4) is 28.0 Å². The fraction of sp³-hybridized carbons (Fsp3) is 0.321. The normalized spacial score (nSPS) is 12.2. The predicted octanol–water partition coefficient (Wildman–Crippen LogP) is 6.74. The molecule has 0 fully saturated rings. The van der Waals surface area contributed by atoms with Gasteiger partial charge in [0.1, 0.15) is 12.4 Å². The Hall–Kier alpha value is -3.11. The van der Waals surface area contributed by atoms with Crippen molar-refractivity contribution in [2.75, 3.05) is 13.2 Å². The van der Waals surface area contributed by atoms with Crippen LogP contribution in [-0.2, 0) is 14.3 Å². The molecule has 0 amide bonds. The molecule has 0 aliphatic rings. The summed E-state index contributed by atoms with van der Waals surface area (Å²) in [5, 5.41) is 0. The number of para-hydroxylation sites is 1. The highest BCUT2D eigenvalue weighted by Gasteiger charge is 2.28. The maximum Gasteiger partial charge on any atom is 0.313 e. The molecule has 0 spiro atoms. The van der Waals surface area contributed by atoms with Gasteiger partial charge in [0.05, 0.1) is 12.0 Å². The van der Waals surface area contributed by atoms with Crippen LogP contribution in [0.3, 0.4) is 0 Å².